The second-order valence-corrected chi connectivity index (χ2v) is 7.15. The summed E-state index contributed by atoms with van der Waals surface area (Å²) in [5.41, 5.74) is -0.329. The molecule has 2 aliphatic carbocycles. The lowest BCUT2D eigenvalue weighted by atomic mass is 9.86. The van der Waals surface area contributed by atoms with Gasteiger partial charge in [0.15, 0.2) is 0 Å². The Kier molecular flexibility index (Phi) is 4.29. The van der Waals surface area contributed by atoms with Crippen molar-refractivity contribution in [2.24, 2.45) is 11.3 Å². The Bertz CT molecular complexity index is 820. The largest absolute Gasteiger partial charge is 0.489 e. The van der Waals surface area contributed by atoms with Crippen LogP contribution < -0.4 is 4.74 Å². The number of carbonyl (C=O) groups excluding carboxylic acids is 1. The molecule has 0 aliphatic heterocycles. The number of benzene rings is 1. The lowest BCUT2D eigenvalue weighted by Crippen LogP contribution is -2.21. The Balaban J connectivity index is 1.28. The van der Waals surface area contributed by atoms with Crippen LogP contribution in [-0.4, -0.2) is 30.1 Å². The van der Waals surface area contributed by atoms with E-state index in [1.807, 2.05) is 24.3 Å². The zero-order chi connectivity index (χ0) is 18.2. The molecule has 2 saturated carbocycles. The van der Waals surface area contributed by atoms with Crippen molar-refractivity contribution in [2.45, 2.75) is 38.0 Å². The van der Waals surface area contributed by atoms with Gasteiger partial charge in [0.05, 0.1) is 17.4 Å². The molecule has 0 saturated heterocycles. The monoisotopic (exact) mass is 361 g/mol. The van der Waals surface area contributed by atoms with E-state index in [0.717, 1.165) is 23.7 Å². The van der Waals surface area contributed by atoms with E-state index in [-0.39, 0.29) is 19.6 Å². The van der Waals surface area contributed by atoms with Crippen LogP contribution in [0, 0.1) is 11.3 Å². The average Bonchev–Trinajstić information content (AvgIpc) is 3.13. The highest BCUT2D eigenvalue weighted by atomic mass is 19.3. The molecule has 0 amide bonds. The Morgan fingerprint density at radius 1 is 1.19 bits per heavy atom. The lowest BCUT2D eigenvalue weighted by molar-refractivity contribution is -0.147. The summed E-state index contributed by atoms with van der Waals surface area (Å²) < 4.78 is 38.9. The fourth-order valence-electron chi connectivity index (χ4n) is 4.32. The van der Waals surface area contributed by atoms with E-state index in [4.69, 9.17) is 9.47 Å². The summed E-state index contributed by atoms with van der Waals surface area (Å²) in [4.78, 5) is 16.3. The minimum atomic E-state index is -2.71. The molecule has 0 radical (unpaired) electrons. The molecule has 2 unspecified atom stereocenters. The quantitative estimate of drug-likeness (QED) is 0.566. The number of halogens is 2. The summed E-state index contributed by atoms with van der Waals surface area (Å²) in [6, 6.07) is 9.33. The van der Waals surface area contributed by atoms with Gasteiger partial charge >= 0.3 is 5.97 Å². The number of nitrogens with zero attached hydrogens (tertiary/aromatic N) is 1. The maximum absolute atomic E-state index is 14.0. The third-order valence-electron chi connectivity index (χ3n) is 5.72. The first kappa shape index (κ1) is 17.2. The number of fused-ring (bicyclic) bond motifs is 2. The summed E-state index contributed by atoms with van der Waals surface area (Å²) in [6.45, 7) is 0.217. The molecule has 1 aromatic heterocycles. The minimum absolute atomic E-state index is 0.0435. The number of ether oxygens (including phenoxy) is 2. The van der Waals surface area contributed by atoms with Crippen molar-refractivity contribution < 1.29 is 23.0 Å². The van der Waals surface area contributed by atoms with E-state index in [9.17, 15) is 13.6 Å². The van der Waals surface area contributed by atoms with Crippen molar-refractivity contribution >= 4 is 16.9 Å². The van der Waals surface area contributed by atoms with Gasteiger partial charge in [-0.25, -0.2) is 8.78 Å². The minimum Gasteiger partial charge on any atom is -0.489 e. The maximum Gasteiger partial charge on any atom is 0.306 e. The molecule has 0 bridgehead atoms. The topological polar surface area (TPSA) is 48.4 Å². The van der Waals surface area contributed by atoms with Crippen molar-refractivity contribution in [1.82, 2.24) is 4.98 Å². The van der Waals surface area contributed by atoms with Crippen molar-refractivity contribution in [3.8, 4) is 5.75 Å². The predicted octanol–water partition coefficient (Wildman–Crippen LogP) is 4.37. The van der Waals surface area contributed by atoms with Gasteiger partial charge in [0.2, 0.25) is 0 Å². The molecule has 138 valence electrons. The number of carbonyl (C=O) groups is 1. The molecular formula is C20H21F2NO3. The first-order chi connectivity index (χ1) is 12.5. The van der Waals surface area contributed by atoms with Crippen LogP contribution in [-0.2, 0) is 9.53 Å². The number of para-hydroxylation sites is 1. The van der Waals surface area contributed by atoms with E-state index < -0.39 is 23.2 Å². The highest BCUT2D eigenvalue weighted by Crippen LogP contribution is 2.73. The smallest absolute Gasteiger partial charge is 0.306 e. The molecule has 4 rings (SSSR count). The predicted molar refractivity (Wildman–Crippen MR) is 92.2 cm³/mol. The summed E-state index contributed by atoms with van der Waals surface area (Å²) in [6.07, 6.45) is 3.98. The van der Waals surface area contributed by atoms with Crippen LogP contribution in [0.15, 0.2) is 36.5 Å². The van der Waals surface area contributed by atoms with Crippen LogP contribution in [0.3, 0.4) is 0 Å². The number of aromatic nitrogens is 1. The first-order valence-electron chi connectivity index (χ1n) is 9.05. The normalized spacial score (nSPS) is 26.2. The van der Waals surface area contributed by atoms with Gasteiger partial charge in [0, 0.05) is 17.5 Å². The molecule has 4 nitrogen and oxygen atoms in total. The lowest BCUT2D eigenvalue weighted by Gasteiger charge is -2.19. The van der Waals surface area contributed by atoms with E-state index in [2.05, 4.69) is 4.98 Å². The second-order valence-electron chi connectivity index (χ2n) is 7.15. The highest BCUT2D eigenvalue weighted by molar-refractivity contribution is 5.84. The van der Waals surface area contributed by atoms with Gasteiger partial charge < -0.3 is 9.47 Å². The van der Waals surface area contributed by atoms with Crippen LogP contribution >= 0.6 is 0 Å². The third-order valence-corrected chi connectivity index (χ3v) is 5.72. The summed E-state index contributed by atoms with van der Waals surface area (Å²) in [5.74, 6) is -3.26. The summed E-state index contributed by atoms with van der Waals surface area (Å²) >= 11 is 0. The Morgan fingerprint density at radius 3 is 2.88 bits per heavy atom. The van der Waals surface area contributed by atoms with Gasteiger partial charge in [-0.05, 0) is 31.0 Å². The number of pyridine rings is 1. The van der Waals surface area contributed by atoms with Crippen LogP contribution in [0.2, 0.25) is 0 Å². The van der Waals surface area contributed by atoms with Gasteiger partial charge in [-0.15, -0.1) is 0 Å². The SMILES string of the molecule is O=C(CC12CCCCC1C2(F)F)OCCOc1ccnc2ccccc12. The average molecular weight is 361 g/mol. The zero-order valence-electron chi connectivity index (χ0n) is 14.4. The molecule has 2 aromatic rings. The molecule has 1 aromatic carbocycles. The van der Waals surface area contributed by atoms with E-state index in [1.165, 1.54) is 0 Å². The van der Waals surface area contributed by atoms with Crippen LogP contribution in [0.25, 0.3) is 10.9 Å². The number of alkyl halides is 2. The molecule has 0 spiro atoms. The Morgan fingerprint density at radius 2 is 2.04 bits per heavy atom. The second kappa shape index (κ2) is 6.49. The van der Waals surface area contributed by atoms with E-state index >= 15 is 0 Å². The van der Waals surface area contributed by atoms with Crippen molar-refractivity contribution in [3.63, 3.8) is 0 Å². The highest BCUT2D eigenvalue weighted by Gasteiger charge is 2.80. The molecular weight excluding hydrogens is 340 g/mol. The molecule has 2 atom stereocenters. The van der Waals surface area contributed by atoms with Gasteiger partial charge in [0.1, 0.15) is 19.0 Å². The zero-order valence-corrected chi connectivity index (χ0v) is 14.4. The Hall–Kier alpha value is -2.24. The fraction of sp³-hybridized carbons (Fsp3) is 0.500. The first-order valence-corrected chi connectivity index (χ1v) is 9.05. The molecule has 26 heavy (non-hydrogen) atoms. The molecule has 2 fully saturated rings. The van der Waals surface area contributed by atoms with Crippen molar-refractivity contribution in [2.75, 3.05) is 13.2 Å². The summed E-state index contributed by atoms with van der Waals surface area (Å²) in [7, 11) is 0. The molecule has 2 aliphatic rings. The van der Waals surface area contributed by atoms with E-state index in [1.54, 1.807) is 12.3 Å². The van der Waals surface area contributed by atoms with Crippen LogP contribution in [0.4, 0.5) is 8.78 Å². The van der Waals surface area contributed by atoms with E-state index in [0.29, 0.717) is 18.6 Å². The van der Waals surface area contributed by atoms with Crippen molar-refractivity contribution in [3.05, 3.63) is 36.5 Å². The van der Waals surface area contributed by atoms with Crippen LogP contribution in [0.1, 0.15) is 32.1 Å². The van der Waals surface area contributed by atoms with Crippen molar-refractivity contribution in [1.29, 1.82) is 0 Å². The number of hydrogen-bond donors (Lipinski definition) is 0. The molecule has 1 heterocycles. The Labute approximate surface area is 150 Å². The summed E-state index contributed by atoms with van der Waals surface area (Å²) in [5, 5.41) is 0.878. The number of esters is 1. The maximum atomic E-state index is 14.0. The number of hydrogen-bond acceptors (Lipinski definition) is 4. The van der Waals surface area contributed by atoms with Crippen LogP contribution in [0.5, 0.6) is 5.75 Å². The standard InChI is InChI=1S/C20H21F2NO3/c21-20(22)17-7-3-4-9-19(17,20)13-18(24)26-12-11-25-16-8-10-23-15-6-2-1-5-14(15)16/h1-2,5-6,8,10,17H,3-4,7,9,11-13H2. The molecule has 6 heteroatoms. The van der Waals surface area contributed by atoms with Gasteiger partial charge in [-0.1, -0.05) is 25.0 Å². The number of rotatable bonds is 6. The fourth-order valence-corrected chi connectivity index (χ4v) is 4.32. The van der Waals surface area contributed by atoms with Gasteiger partial charge in [0.25, 0.3) is 5.92 Å². The van der Waals surface area contributed by atoms with Gasteiger partial charge in [-0.2, -0.15) is 0 Å². The van der Waals surface area contributed by atoms with Gasteiger partial charge in [-0.3, -0.25) is 9.78 Å². The molecule has 0 N–H and O–H groups in total. The third kappa shape index (κ3) is 2.81.